The number of Topliss-reactive ketones (excluding diaryl/α,β-unsaturated/α-hetero) is 1. The SMILES string of the molecule is O=[C-]CC(=O)CCl.[CH3-].[Y]. The first kappa shape index (κ1) is 16.4. The van der Waals surface area contributed by atoms with Crippen LogP contribution in [0.4, 0.5) is 0 Å². The number of ketones is 1. The molecular formula is C5H7ClO2Y-2. The van der Waals surface area contributed by atoms with E-state index in [2.05, 4.69) is 0 Å². The van der Waals surface area contributed by atoms with Gasteiger partial charge in [0.15, 0.2) is 0 Å². The smallest absolute Gasteiger partial charge is 0.121 e. The standard InChI is InChI=1S/C4H4ClO2.CH3.Y/c5-3-4(7)1-2-6;;/h1,3H2;1H3;/q2*-1;. The van der Waals surface area contributed by atoms with E-state index in [1.165, 1.54) is 6.29 Å². The molecule has 0 aliphatic rings. The third kappa shape index (κ3) is 12.0. The molecule has 0 aliphatic carbocycles. The van der Waals surface area contributed by atoms with E-state index in [1.807, 2.05) is 0 Å². The van der Waals surface area contributed by atoms with E-state index in [0.717, 1.165) is 0 Å². The Morgan fingerprint density at radius 3 is 2.11 bits per heavy atom. The van der Waals surface area contributed by atoms with Crippen LogP contribution in [0.1, 0.15) is 6.42 Å². The van der Waals surface area contributed by atoms with Crippen molar-refractivity contribution in [2.45, 2.75) is 6.42 Å². The van der Waals surface area contributed by atoms with E-state index >= 15 is 0 Å². The molecule has 0 saturated carbocycles. The Bertz CT molecular complexity index is 85.0. The quantitative estimate of drug-likeness (QED) is 0.402. The molecule has 0 bridgehead atoms. The second-order valence-corrected chi connectivity index (χ2v) is 1.26. The molecule has 0 spiro atoms. The largest absolute Gasteiger partial charge is 0.541 e. The summed E-state index contributed by atoms with van der Waals surface area (Å²) in [4.78, 5) is 19.4. The predicted molar refractivity (Wildman–Crippen MR) is 32.5 cm³/mol. The van der Waals surface area contributed by atoms with Crippen molar-refractivity contribution in [1.29, 1.82) is 0 Å². The van der Waals surface area contributed by atoms with Crippen molar-refractivity contribution in [3.63, 3.8) is 0 Å². The van der Waals surface area contributed by atoms with Gasteiger partial charge in [0.2, 0.25) is 0 Å². The Hall–Kier alpha value is 0.734. The van der Waals surface area contributed by atoms with Crippen molar-refractivity contribution in [2.24, 2.45) is 0 Å². The van der Waals surface area contributed by atoms with Gasteiger partial charge < -0.3 is 17.0 Å². The average Bonchev–Trinajstić information content (AvgIpc) is 1.68. The molecule has 0 amide bonds. The van der Waals surface area contributed by atoms with E-state index in [0.29, 0.717) is 0 Å². The summed E-state index contributed by atoms with van der Waals surface area (Å²) in [5, 5.41) is 0. The van der Waals surface area contributed by atoms with Gasteiger partial charge in [0.25, 0.3) is 0 Å². The van der Waals surface area contributed by atoms with Crippen LogP contribution in [0.5, 0.6) is 0 Å². The molecule has 4 heteroatoms. The maximum absolute atomic E-state index is 10.0. The first-order valence-electron chi connectivity index (χ1n) is 1.74. The van der Waals surface area contributed by atoms with Crippen molar-refractivity contribution in [3.05, 3.63) is 7.43 Å². The molecule has 0 heterocycles. The summed E-state index contributed by atoms with van der Waals surface area (Å²) in [7, 11) is 0. The van der Waals surface area contributed by atoms with Crippen molar-refractivity contribution >= 4 is 23.7 Å². The fourth-order valence-corrected chi connectivity index (χ4v) is 0.222. The van der Waals surface area contributed by atoms with Gasteiger partial charge in [0.05, 0.1) is 5.88 Å². The minimum atomic E-state index is -0.281. The van der Waals surface area contributed by atoms with Crippen molar-refractivity contribution in [3.8, 4) is 0 Å². The predicted octanol–water partition coefficient (Wildman–Crippen LogP) is 0.742. The van der Waals surface area contributed by atoms with E-state index in [1.54, 1.807) is 0 Å². The van der Waals surface area contributed by atoms with Gasteiger partial charge in [-0.2, -0.15) is 0 Å². The molecule has 0 aromatic rings. The molecule has 9 heavy (non-hydrogen) atoms. The molecule has 0 aromatic carbocycles. The van der Waals surface area contributed by atoms with Crippen LogP contribution in [0.3, 0.4) is 0 Å². The molecule has 2 nitrogen and oxygen atoms in total. The minimum Gasteiger partial charge on any atom is -0.541 e. The molecule has 1 radical (unpaired) electrons. The Balaban J connectivity index is -0.000000180. The summed E-state index contributed by atoms with van der Waals surface area (Å²) in [6, 6.07) is 0. The van der Waals surface area contributed by atoms with Gasteiger partial charge in [-0.15, -0.1) is 11.6 Å². The minimum absolute atomic E-state index is 0. The number of hydrogen-bond acceptors (Lipinski definition) is 2. The number of carbonyl (C=O) groups excluding carboxylic acids is 2. The van der Waals surface area contributed by atoms with Gasteiger partial charge in [0.1, 0.15) is 5.78 Å². The van der Waals surface area contributed by atoms with Crippen LogP contribution in [-0.2, 0) is 42.3 Å². The second-order valence-electron chi connectivity index (χ2n) is 0.993. The summed E-state index contributed by atoms with van der Waals surface area (Å²) < 4.78 is 0. The molecule has 0 aromatic heterocycles. The van der Waals surface area contributed by atoms with Crippen LogP contribution in [0.2, 0.25) is 0 Å². The molecule has 0 unspecified atom stereocenters. The summed E-state index contributed by atoms with van der Waals surface area (Å²) >= 11 is 5.00. The first-order valence-corrected chi connectivity index (χ1v) is 2.27. The maximum Gasteiger partial charge on any atom is 0.121 e. The van der Waals surface area contributed by atoms with E-state index in [-0.39, 0.29) is 58.2 Å². The number of hydrogen-bond donors (Lipinski definition) is 0. The third-order valence-corrected chi connectivity index (χ3v) is 0.716. The third-order valence-electron chi connectivity index (χ3n) is 0.418. The first-order chi connectivity index (χ1) is 3.31. The topological polar surface area (TPSA) is 34.1 Å². The molecule has 0 rings (SSSR count). The Morgan fingerprint density at radius 1 is 1.56 bits per heavy atom. The second kappa shape index (κ2) is 11.5. The summed E-state index contributed by atoms with van der Waals surface area (Å²) in [5.41, 5.74) is 0. The Morgan fingerprint density at radius 2 is 2.00 bits per heavy atom. The van der Waals surface area contributed by atoms with Crippen LogP contribution >= 0.6 is 11.6 Å². The van der Waals surface area contributed by atoms with E-state index in [4.69, 9.17) is 11.6 Å². The zero-order valence-corrected chi connectivity index (χ0v) is 8.78. The number of halogens is 1. The number of rotatable bonds is 3. The monoisotopic (exact) mass is 223 g/mol. The van der Waals surface area contributed by atoms with E-state index in [9.17, 15) is 9.59 Å². The van der Waals surface area contributed by atoms with Crippen LogP contribution < -0.4 is 0 Å². The maximum atomic E-state index is 10.0. The average molecular weight is 223 g/mol. The van der Waals surface area contributed by atoms with Crippen LogP contribution in [0.25, 0.3) is 0 Å². The summed E-state index contributed by atoms with van der Waals surface area (Å²) in [6.07, 6.45) is 1.26. The fourth-order valence-electron chi connectivity index (χ4n) is 0.128. The zero-order valence-electron chi connectivity index (χ0n) is 5.19. The Kier molecular flexibility index (Phi) is 21.0. The van der Waals surface area contributed by atoms with E-state index < -0.39 is 0 Å². The molecule has 0 aliphatic heterocycles. The molecule has 0 N–H and O–H groups in total. The van der Waals surface area contributed by atoms with Gasteiger partial charge in [0, 0.05) is 32.7 Å². The van der Waals surface area contributed by atoms with Crippen molar-refractivity contribution in [2.75, 3.05) is 5.88 Å². The summed E-state index contributed by atoms with van der Waals surface area (Å²) in [6.45, 7) is 0. The number of alkyl halides is 1. The normalized spacial score (nSPS) is 6.33. The van der Waals surface area contributed by atoms with Crippen molar-refractivity contribution < 1.29 is 42.3 Å². The van der Waals surface area contributed by atoms with Crippen LogP contribution in [0.15, 0.2) is 0 Å². The summed E-state index contributed by atoms with van der Waals surface area (Å²) in [5.74, 6) is -0.369. The fraction of sp³-hybridized carbons (Fsp3) is 0.400. The molecule has 0 atom stereocenters. The van der Waals surface area contributed by atoms with Gasteiger partial charge in [-0.1, -0.05) is 6.42 Å². The van der Waals surface area contributed by atoms with Gasteiger partial charge in [-0.3, -0.25) is 6.29 Å². The molecule has 0 saturated heterocycles. The van der Waals surface area contributed by atoms with Gasteiger partial charge in [-0.25, -0.2) is 0 Å². The molecule has 0 fully saturated rings. The number of carbonyl (C=O) groups is 1. The zero-order chi connectivity index (χ0) is 5.70. The Labute approximate surface area is 85.2 Å². The van der Waals surface area contributed by atoms with Gasteiger partial charge in [-0.05, 0) is 0 Å². The molecular weight excluding hydrogens is 216 g/mol. The van der Waals surface area contributed by atoms with Crippen molar-refractivity contribution in [1.82, 2.24) is 0 Å². The molecule has 51 valence electrons. The van der Waals surface area contributed by atoms with Crippen LogP contribution in [0, 0.1) is 7.43 Å². The van der Waals surface area contributed by atoms with Crippen LogP contribution in [-0.4, -0.2) is 17.9 Å². The van der Waals surface area contributed by atoms with Gasteiger partial charge >= 0.3 is 0 Å².